The molecule has 0 aliphatic carbocycles. The number of amides is 1. The first-order chi connectivity index (χ1) is 18.9. The van der Waals surface area contributed by atoms with Crippen LogP contribution in [0.5, 0.6) is 5.75 Å². The molecule has 2 aliphatic heterocycles. The number of halogens is 1. The first kappa shape index (κ1) is 24.5. The lowest BCUT2D eigenvalue weighted by Gasteiger charge is -2.45. The van der Waals surface area contributed by atoms with E-state index in [0.717, 1.165) is 16.9 Å². The Morgan fingerprint density at radius 1 is 1.10 bits per heavy atom. The van der Waals surface area contributed by atoms with Crippen LogP contribution in [-0.4, -0.2) is 63.5 Å². The van der Waals surface area contributed by atoms with Gasteiger partial charge in [-0.3, -0.25) is 14.6 Å². The van der Waals surface area contributed by atoms with E-state index in [1.165, 1.54) is 12.4 Å². The Hall–Kier alpha value is -4.80. The van der Waals surface area contributed by atoms with Gasteiger partial charge < -0.3 is 24.4 Å². The molecule has 3 aromatic heterocycles. The van der Waals surface area contributed by atoms with E-state index in [1.807, 2.05) is 30.0 Å². The van der Waals surface area contributed by atoms with Gasteiger partial charge in [-0.15, -0.1) is 0 Å². The molecule has 0 radical (unpaired) electrons. The molecule has 0 saturated carbocycles. The normalized spacial score (nSPS) is 16.2. The number of Topliss-reactive ketones (excluding diaryl/α,β-unsaturated/α-hetero) is 1. The van der Waals surface area contributed by atoms with Crippen molar-refractivity contribution in [1.29, 1.82) is 0 Å². The Bertz CT molecular complexity index is 1560. The molecular weight excluding hydrogens is 501 g/mol. The van der Waals surface area contributed by atoms with Crippen molar-refractivity contribution in [3.8, 4) is 16.9 Å². The largest absolute Gasteiger partial charge is 0.489 e. The molecule has 10 nitrogen and oxygen atoms in total. The lowest BCUT2D eigenvalue weighted by Crippen LogP contribution is -2.57. The van der Waals surface area contributed by atoms with E-state index in [4.69, 9.17) is 4.74 Å². The Morgan fingerprint density at radius 3 is 2.69 bits per heavy atom. The summed E-state index contributed by atoms with van der Waals surface area (Å²) in [7, 11) is 1.76. The van der Waals surface area contributed by atoms with E-state index < -0.39 is 17.5 Å². The molecule has 1 unspecified atom stereocenters. The highest BCUT2D eigenvalue weighted by atomic mass is 19.1. The predicted octanol–water partition coefficient (Wildman–Crippen LogP) is 3.23. The molecule has 0 spiro atoms. The Labute approximate surface area is 224 Å². The van der Waals surface area contributed by atoms with Crippen molar-refractivity contribution >= 4 is 29.0 Å². The van der Waals surface area contributed by atoms with Crippen LogP contribution in [0.2, 0.25) is 0 Å². The Morgan fingerprint density at radius 2 is 1.92 bits per heavy atom. The fourth-order valence-electron chi connectivity index (χ4n) is 5.14. The Kier molecular flexibility index (Phi) is 6.18. The average Bonchev–Trinajstić information content (AvgIpc) is 3.26. The molecule has 6 rings (SSSR count). The molecule has 5 heterocycles. The van der Waals surface area contributed by atoms with Gasteiger partial charge in [-0.1, -0.05) is 6.07 Å². The maximum absolute atomic E-state index is 13.3. The smallest absolute Gasteiger partial charge is 0.298 e. The highest BCUT2D eigenvalue weighted by molar-refractivity contribution is 6.47. The van der Waals surface area contributed by atoms with Crippen LogP contribution >= 0.6 is 0 Å². The predicted molar refractivity (Wildman–Crippen MR) is 144 cm³/mol. The van der Waals surface area contributed by atoms with Crippen molar-refractivity contribution in [1.82, 2.24) is 19.5 Å². The molecule has 198 valence electrons. The molecule has 1 saturated heterocycles. The second kappa shape index (κ2) is 9.82. The number of ketones is 1. The summed E-state index contributed by atoms with van der Waals surface area (Å²) >= 11 is 0. The van der Waals surface area contributed by atoms with Crippen molar-refractivity contribution < 1.29 is 18.7 Å². The summed E-state index contributed by atoms with van der Waals surface area (Å²) in [6, 6.07) is 11.0. The minimum Gasteiger partial charge on any atom is -0.489 e. The molecule has 11 heteroatoms. The van der Waals surface area contributed by atoms with E-state index in [1.54, 1.807) is 42.2 Å². The first-order valence-corrected chi connectivity index (χ1v) is 12.6. The number of ether oxygens (including phenoxy) is 1. The molecule has 1 N–H and O–H groups in total. The third-order valence-corrected chi connectivity index (χ3v) is 7.20. The number of hydrogen-bond acceptors (Lipinski definition) is 8. The minimum absolute atomic E-state index is 0.0633. The van der Waals surface area contributed by atoms with Gasteiger partial charge in [-0.05, 0) is 31.2 Å². The maximum Gasteiger partial charge on any atom is 0.298 e. The fraction of sp³-hybridized carbons (Fsp3) is 0.250. The molecule has 0 bridgehead atoms. The van der Waals surface area contributed by atoms with Gasteiger partial charge in [-0.25, -0.2) is 14.4 Å². The number of fused-ring (bicyclic) bond motifs is 3. The van der Waals surface area contributed by atoms with Gasteiger partial charge in [0, 0.05) is 67.7 Å². The number of carbonyl (C=O) groups excluding carboxylic acids is 2. The van der Waals surface area contributed by atoms with Crippen LogP contribution in [0.15, 0.2) is 61.2 Å². The summed E-state index contributed by atoms with van der Waals surface area (Å²) in [5.41, 5.74) is 3.96. The highest BCUT2D eigenvalue weighted by Crippen LogP contribution is 2.38. The second-order valence-electron chi connectivity index (χ2n) is 9.62. The lowest BCUT2D eigenvalue weighted by atomic mass is 10.1. The molecule has 1 amide bonds. The standard InChI is InChI=1S/C28H26FN7O3/c1-17-10-22(18-4-3-7-30-12-18)25(34(17)2)26(37)27(38)33-20-5-6-23-24(11-20)39-16-21-15-35(8-9-36(21)23)28-31-13-19(29)14-32-28/h3-7,10-14,21H,8-9,15-16H2,1-2H3,(H,33,38). The number of nitrogens with zero attached hydrogens (tertiary/aromatic N) is 6. The second-order valence-corrected chi connectivity index (χ2v) is 9.62. The van der Waals surface area contributed by atoms with Crippen LogP contribution in [-0.2, 0) is 11.8 Å². The molecule has 1 aromatic carbocycles. The number of nitrogens with one attached hydrogen (secondary N) is 1. The number of benzene rings is 1. The SMILES string of the molecule is Cc1cc(-c2cccnc2)c(C(=O)C(=O)Nc2ccc3c(c2)OCC2CN(c4ncc(F)cn4)CCN32)n1C. The lowest BCUT2D eigenvalue weighted by molar-refractivity contribution is -0.112. The van der Waals surface area contributed by atoms with Gasteiger partial charge in [0.2, 0.25) is 5.95 Å². The van der Waals surface area contributed by atoms with Gasteiger partial charge in [0.25, 0.3) is 11.7 Å². The highest BCUT2D eigenvalue weighted by Gasteiger charge is 2.34. The number of piperazine rings is 1. The number of aromatic nitrogens is 4. The van der Waals surface area contributed by atoms with Crippen LogP contribution in [0.3, 0.4) is 0 Å². The van der Waals surface area contributed by atoms with Crippen molar-refractivity contribution in [3.63, 3.8) is 0 Å². The molecular formula is C28H26FN7O3. The average molecular weight is 528 g/mol. The number of aryl methyl sites for hydroxylation is 1. The zero-order valence-corrected chi connectivity index (χ0v) is 21.5. The monoisotopic (exact) mass is 527 g/mol. The molecule has 2 aliphatic rings. The van der Waals surface area contributed by atoms with Crippen molar-refractivity contribution in [2.45, 2.75) is 13.0 Å². The van der Waals surface area contributed by atoms with Gasteiger partial charge in [0.1, 0.15) is 18.1 Å². The quantitative estimate of drug-likeness (QED) is 0.312. The van der Waals surface area contributed by atoms with Crippen LogP contribution in [0.1, 0.15) is 16.2 Å². The third kappa shape index (κ3) is 4.56. The van der Waals surface area contributed by atoms with E-state index in [0.29, 0.717) is 54.9 Å². The first-order valence-electron chi connectivity index (χ1n) is 12.6. The zero-order valence-electron chi connectivity index (χ0n) is 21.5. The summed E-state index contributed by atoms with van der Waals surface area (Å²) in [5.74, 6) is -0.715. The number of rotatable bonds is 5. The summed E-state index contributed by atoms with van der Waals surface area (Å²) < 4.78 is 21.0. The summed E-state index contributed by atoms with van der Waals surface area (Å²) in [5, 5.41) is 2.74. The fourth-order valence-corrected chi connectivity index (χ4v) is 5.14. The number of carbonyl (C=O) groups is 2. The molecule has 4 aromatic rings. The van der Waals surface area contributed by atoms with Crippen molar-refractivity contribution in [2.75, 3.05) is 41.4 Å². The van der Waals surface area contributed by atoms with Crippen LogP contribution in [0, 0.1) is 12.7 Å². The van der Waals surface area contributed by atoms with Crippen LogP contribution < -0.4 is 19.9 Å². The van der Waals surface area contributed by atoms with E-state index in [-0.39, 0.29) is 6.04 Å². The number of anilines is 3. The van der Waals surface area contributed by atoms with Crippen molar-refractivity contribution in [3.05, 3.63) is 78.4 Å². The van der Waals surface area contributed by atoms with E-state index >= 15 is 0 Å². The maximum atomic E-state index is 13.3. The van der Waals surface area contributed by atoms with Crippen LogP contribution in [0.4, 0.5) is 21.7 Å². The molecule has 39 heavy (non-hydrogen) atoms. The number of hydrogen-bond donors (Lipinski definition) is 1. The number of pyridine rings is 1. The molecule has 1 fully saturated rings. The summed E-state index contributed by atoms with van der Waals surface area (Å²) in [6.45, 7) is 4.32. The van der Waals surface area contributed by atoms with Gasteiger partial charge in [-0.2, -0.15) is 0 Å². The summed E-state index contributed by atoms with van der Waals surface area (Å²) in [6.07, 6.45) is 5.67. The van der Waals surface area contributed by atoms with Gasteiger partial charge >= 0.3 is 0 Å². The van der Waals surface area contributed by atoms with Crippen LogP contribution in [0.25, 0.3) is 11.1 Å². The van der Waals surface area contributed by atoms with Gasteiger partial charge in [0.05, 0.1) is 24.1 Å². The van der Waals surface area contributed by atoms with Crippen molar-refractivity contribution in [2.24, 2.45) is 7.05 Å². The third-order valence-electron chi connectivity index (χ3n) is 7.20. The van der Waals surface area contributed by atoms with E-state index in [9.17, 15) is 14.0 Å². The topological polar surface area (TPSA) is 105 Å². The van der Waals surface area contributed by atoms with Gasteiger partial charge in [0.15, 0.2) is 5.82 Å². The van der Waals surface area contributed by atoms with E-state index in [2.05, 4.69) is 25.2 Å². The molecule has 1 atom stereocenters. The zero-order chi connectivity index (χ0) is 27.1. The minimum atomic E-state index is -0.733. The Balaban J connectivity index is 1.18. The summed E-state index contributed by atoms with van der Waals surface area (Å²) in [4.78, 5) is 43.0.